The molecule has 0 aromatic heterocycles. The van der Waals surface area contributed by atoms with Gasteiger partial charge in [-0.1, -0.05) is 0 Å². The maximum absolute atomic E-state index is 12.6. The highest BCUT2D eigenvalue weighted by atomic mass is 32.2. The van der Waals surface area contributed by atoms with Crippen molar-refractivity contribution in [3.63, 3.8) is 0 Å². The highest BCUT2D eigenvalue weighted by molar-refractivity contribution is 7.89. The lowest BCUT2D eigenvalue weighted by Crippen LogP contribution is -2.41. The van der Waals surface area contributed by atoms with Gasteiger partial charge in [-0.25, -0.2) is 21.9 Å². The summed E-state index contributed by atoms with van der Waals surface area (Å²) in [6.07, 6.45) is -3.12. The third-order valence-electron chi connectivity index (χ3n) is 2.45. The molecule has 0 saturated heterocycles. The Labute approximate surface area is 114 Å². The fourth-order valence-corrected chi connectivity index (χ4v) is 2.68. The molecule has 0 amide bonds. The molecular weight excluding hydrogens is 296 g/mol. The summed E-state index contributed by atoms with van der Waals surface area (Å²) in [6, 6.07) is 2.32. The van der Waals surface area contributed by atoms with E-state index in [-0.39, 0.29) is 23.5 Å². The van der Waals surface area contributed by atoms with Crippen LogP contribution in [0.2, 0.25) is 0 Å². The van der Waals surface area contributed by atoms with Crippen LogP contribution in [0.5, 0.6) is 0 Å². The number of alkyl halides is 2. The number of benzene rings is 1. The van der Waals surface area contributed by atoms with Crippen molar-refractivity contribution in [1.29, 1.82) is 0 Å². The van der Waals surface area contributed by atoms with Crippen LogP contribution in [0.25, 0.3) is 0 Å². The van der Waals surface area contributed by atoms with Gasteiger partial charge in [-0.05, 0) is 25.1 Å². The van der Waals surface area contributed by atoms with Crippen LogP contribution in [0.4, 0.5) is 14.5 Å². The molecule has 0 aliphatic heterocycles. The fraction of sp³-hybridized carbons (Fsp3) is 0.400. The predicted molar refractivity (Wildman–Crippen MR) is 66.9 cm³/mol. The molecule has 0 aliphatic rings. The normalized spacial score (nSPS) is 13.4. The molecule has 0 aliphatic carbocycles. The van der Waals surface area contributed by atoms with E-state index >= 15 is 0 Å². The lowest BCUT2D eigenvalue weighted by Gasteiger charge is -2.17. The van der Waals surface area contributed by atoms with Crippen molar-refractivity contribution in [3.8, 4) is 0 Å². The first-order valence-corrected chi connectivity index (χ1v) is 7.01. The Morgan fingerprint density at radius 1 is 1.30 bits per heavy atom. The largest absolute Gasteiger partial charge is 0.330 e. The average Bonchev–Trinajstić information content (AvgIpc) is 2.38. The summed E-state index contributed by atoms with van der Waals surface area (Å²) in [4.78, 5) is 9.42. The van der Waals surface area contributed by atoms with Crippen LogP contribution in [-0.2, 0) is 10.0 Å². The molecule has 10 heteroatoms. The average molecular weight is 309 g/mol. The van der Waals surface area contributed by atoms with Crippen molar-refractivity contribution in [2.24, 2.45) is 5.73 Å². The second kappa shape index (κ2) is 6.68. The van der Waals surface area contributed by atoms with E-state index in [0.29, 0.717) is 0 Å². The minimum Gasteiger partial charge on any atom is -0.330 e. The van der Waals surface area contributed by atoms with E-state index in [0.717, 1.165) is 24.3 Å². The first-order chi connectivity index (χ1) is 9.27. The van der Waals surface area contributed by atoms with E-state index in [1.54, 1.807) is 0 Å². The molecule has 0 heterocycles. The zero-order valence-electron chi connectivity index (χ0n) is 10.2. The van der Waals surface area contributed by atoms with Gasteiger partial charge in [0.25, 0.3) is 12.1 Å². The van der Waals surface area contributed by atoms with Gasteiger partial charge in [0.2, 0.25) is 10.0 Å². The topological polar surface area (TPSA) is 115 Å². The Hall–Kier alpha value is -1.65. The number of nitro groups is 1. The molecule has 3 N–H and O–H groups in total. The third kappa shape index (κ3) is 4.18. The standard InChI is InChI=1S/C10H13F2N3O4S/c11-10(12)9(5-6-13)14-20(18,19)8-3-1-7(2-4-8)15(16)17/h1-4,9-10,14H,5-6,13H2. The van der Waals surface area contributed by atoms with Gasteiger partial charge in [-0.2, -0.15) is 0 Å². The summed E-state index contributed by atoms with van der Waals surface area (Å²) >= 11 is 0. The molecule has 1 unspecified atom stereocenters. The molecule has 7 nitrogen and oxygen atoms in total. The Balaban J connectivity index is 2.95. The molecule has 1 rings (SSSR count). The molecule has 0 fully saturated rings. The van der Waals surface area contributed by atoms with Crippen molar-refractivity contribution in [2.45, 2.75) is 23.8 Å². The second-order valence-corrected chi connectivity index (χ2v) is 5.60. The van der Waals surface area contributed by atoms with Crippen LogP contribution >= 0.6 is 0 Å². The molecule has 0 radical (unpaired) electrons. The number of halogens is 2. The van der Waals surface area contributed by atoms with Gasteiger partial charge in [-0.15, -0.1) is 0 Å². The van der Waals surface area contributed by atoms with Crippen LogP contribution in [0, 0.1) is 10.1 Å². The van der Waals surface area contributed by atoms with Gasteiger partial charge in [-0.3, -0.25) is 10.1 Å². The Kier molecular flexibility index (Phi) is 5.48. The fourth-order valence-electron chi connectivity index (χ4n) is 1.43. The van der Waals surface area contributed by atoms with Gasteiger partial charge in [0.05, 0.1) is 15.9 Å². The summed E-state index contributed by atoms with van der Waals surface area (Å²) in [7, 11) is -4.18. The summed E-state index contributed by atoms with van der Waals surface area (Å²) in [5.41, 5.74) is 4.84. The maximum Gasteiger partial charge on any atom is 0.269 e. The molecular formula is C10H13F2N3O4S. The van der Waals surface area contributed by atoms with Crippen molar-refractivity contribution >= 4 is 15.7 Å². The third-order valence-corrected chi connectivity index (χ3v) is 3.95. The Bertz CT molecular complexity index is 562. The Morgan fingerprint density at radius 2 is 1.85 bits per heavy atom. The molecule has 0 spiro atoms. The zero-order valence-corrected chi connectivity index (χ0v) is 11.0. The van der Waals surface area contributed by atoms with Crippen LogP contribution < -0.4 is 10.5 Å². The monoisotopic (exact) mass is 309 g/mol. The smallest absolute Gasteiger partial charge is 0.269 e. The second-order valence-electron chi connectivity index (χ2n) is 3.89. The van der Waals surface area contributed by atoms with Crippen molar-refractivity contribution in [1.82, 2.24) is 4.72 Å². The number of nitrogens with two attached hydrogens (primary N) is 1. The van der Waals surface area contributed by atoms with Gasteiger partial charge in [0.1, 0.15) is 0 Å². The predicted octanol–water partition coefficient (Wildman–Crippen LogP) is 0.856. The summed E-state index contributed by atoms with van der Waals surface area (Å²) in [5.74, 6) is 0. The van der Waals surface area contributed by atoms with Crippen molar-refractivity contribution in [3.05, 3.63) is 34.4 Å². The van der Waals surface area contributed by atoms with Crippen molar-refractivity contribution < 1.29 is 22.1 Å². The lowest BCUT2D eigenvalue weighted by atomic mass is 10.2. The Morgan fingerprint density at radius 3 is 2.25 bits per heavy atom. The summed E-state index contributed by atoms with van der Waals surface area (Å²) < 4.78 is 50.8. The molecule has 0 bridgehead atoms. The van der Waals surface area contributed by atoms with E-state index in [1.165, 1.54) is 0 Å². The number of nitro benzene ring substituents is 1. The summed E-state index contributed by atoms with van der Waals surface area (Å²) in [5, 5.41) is 10.4. The maximum atomic E-state index is 12.6. The number of nitrogens with zero attached hydrogens (tertiary/aromatic N) is 1. The summed E-state index contributed by atoms with van der Waals surface area (Å²) in [6.45, 7) is -0.0994. The number of hydrogen-bond acceptors (Lipinski definition) is 5. The number of sulfonamides is 1. The van der Waals surface area contributed by atoms with Gasteiger partial charge < -0.3 is 5.73 Å². The molecule has 1 aromatic carbocycles. The number of nitrogens with one attached hydrogen (secondary N) is 1. The number of rotatable bonds is 7. The first kappa shape index (κ1) is 16.4. The minimum atomic E-state index is -4.18. The quantitative estimate of drug-likeness (QED) is 0.572. The number of non-ortho nitro benzene ring substituents is 1. The van der Waals surface area contributed by atoms with E-state index in [2.05, 4.69) is 0 Å². The van der Waals surface area contributed by atoms with E-state index < -0.39 is 27.4 Å². The molecule has 1 aromatic rings. The number of hydrogen-bond donors (Lipinski definition) is 2. The van der Waals surface area contributed by atoms with E-state index in [4.69, 9.17) is 5.73 Å². The lowest BCUT2D eigenvalue weighted by molar-refractivity contribution is -0.384. The van der Waals surface area contributed by atoms with E-state index in [1.807, 2.05) is 4.72 Å². The van der Waals surface area contributed by atoms with Crippen LogP contribution in [0.3, 0.4) is 0 Å². The van der Waals surface area contributed by atoms with Gasteiger partial charge in [0.15, 0.2) is 0 Å². The van der Waals surface area contributed by atoms with Crippen LogP contribution in [0.1, 0.15) is 6.42 Å². The molecule has 112 valence electrons. The molecule has 0 saturated carbocycles. The van der Waals surface area contributed by atoms with Gasteiger partial charge >= 0.3 is 0 Å². The van der Waals surface area contributed by atoms with Gasteiger partial charge in [0, 0.05) is 12.1 Å². The molecule has 1 atom stereocenters. The van der Waals surface area contributed by atoms with Crippen LogP contribution in [0.15, 0.2) is 29.2 Å². The zero-order chi connectivity index (χ0) is 15.3. The van der Waals surface area contributed by atoms with Crippen LogP contribution in [-0.4, -0.2) is 32.4 Å². The van der Waals surface area contributed by atoms with E-state index in [9.17, 15) is 27.3 Å². The molecule has 20 heavy (non-hydrogen) atoms. The van der Waals surface area contributed by atoms with Crippen molar-refractivity contribution in [2.75, 3.05) is 6.54 Å². The first-order valence-electron chi connectivity index (χ1n) is 5.53. The minimum absolute atomic E-state index is 0.0994. The highest BCUT2D eigenvalue weighted by Crippen LogP contribution is 2.17. The SMILES string of the molecule is NCCC(NS(=O)(=O)c1ccc([N+](=O)[O-])cc1)C(F)F. The highest BCUT2D eigenvalue weighted by Gasteiger charge is 2.26.